The first-order valence-corrected chi connectivity index (χ1v) is 7.81. The first-order valence-electron chi connectivity index (χ1n) is 7.08. The molecule has 1 aliphatic carbocycles. The van der Waals surface area contributed by atoms with Gasteiger partial charge in [0.1, 0.15) is 18.9 Å². The Bertz CT molecular complexity index is 380. The highest BCUT2D eigenvalue weighted by Gasteiger charge is 2.33. The third-order valence-corrected chi connectivity index (χ3v) is 4.47. The molecule has 1 fully saturated rings. The van der Waals surface area contributed by atoms with Crippen molar-refractivity contribution in [2.75, 3.05) is 19.8 Å². The molecule has 7 heteroatoms. The Kier molecular flexibility index (Phi) is 5.71. The van der Waals surface area contributed by atoms with E-state index in [0.717, 1.165) is 43.3 Å². The molecule has 1 aliphatic rings. The molecule has 1 heterocycles. The Morgan fingerprint density at radius 3 is 2.90 bits per heavy atom. The molecule has 6 nitrogen and oxygen atoms in total. The molecule has 0 saturated heterocycles. The van der Waals surface area contributed by atoms with Crippen molar-refractivity contribution in [1.82, 2.24) is 14.1 Å². The van der Waals surface area contributed by atoms with Gasteiger partial charge in [0.25, 0.3) is 0 Å². The Morgan fingerprint density at radius 1 is 1.55 bits per heavy atom. The minimum Gasteiger partial charge on any atom is -0.473 e. The number of β-amino-alcohol motifs (C(OH)–C–C–N with tert-alkyl or cyclic N) is 1. The lowest BCUT2D eigenvalue weighted by Crippen LogP contribution is -2.53. The molecule has 1 aromatic rings. The number of ether oxygens (including phenoxy) is 1. The molecule has 3 N–H and O–H groups in total. The van der Waals surface area contributed by atoms with Crippen molar-refractivity contribution in [2.24, 2.45) is 5.92 Å². The number of hydrogen-bond donors (Lipinski definition) is 3. The number of aliphatic hydroxyl groups excluding tert-OH is 2. The maximum atomic E-state index is 9.93. The molecule has 0 radical (unpaired) electrons. The predicted octanol–water partition coefficient (Wildman–Crippen LogP) is 0.809. The Balaban J connectivity index is 1.72. The van der Waals surface area contributed by atoms with E-state index in [1.54, 1.807) is 0 Å². The Labute approximate surface area is 123 Å². The second kappa shape index (κ2) is 7.31. The zero-order valence-electron chi connectivity index (χ0n) is 11.8. The third-order valence-electron chi connectivity index (χ3n) is 4.01. The van der Waals surface area contributed by atoms with Crippen molar-refractivity contribution >= 4 is 11.7 Å². The van der Waals surface area contributed by atoms with Gasteiger partial charge in [0, 0.05) is 12.1 Å². The maximum absolute atomic E-state index is 9.93. The number of aromatic nitrogens is 2. The predicted molar refractivity (Wildman–Crippen MR) is 76.9 cm³/mol. The average Bonchev–Trinajstić information content (AvgIpc) is 2.98. The van der Waals surface area contributed by atoms with Crippen LogP contribution in [0.25, 0.3) is 0 Å². The van der Waals surface area contributed by atoms with E-state index in [1.165, 1.54) is 6.20 Å². The lowest BCUT2D eigenvalue weighted by Gasteiger charge is -2.39. The molecular formula is C13H23N3O3S. The van der Waals surface area contributed by atoms with Crippen LogP contribution in [-0.2, 0) is 0 Å². The van der Waals surface area contributed by atoms with Crippen molar-refractivity contribution in [3.63, 3.8) is 0 Å². The van der Waals surface area contributed by atoms with Gasteiger partial charge in [-0.05, 0) is 31.6 Å². The summed E-state index contributed by atoms with van der Waals surface area (Å²) in [6.07, 6.45) is 5.04. The summed E-state index contributed by atoms with van der Waals surface area (Å²) in [5, 5.41) is 22.9. The van der Waals surface area contributed by atoms with Crippen molar-refractivity contribution < 1.29 is 14.9 Å². The zero-order valence-corrected chi connectivity index (χ0v) is 12.6. The van der Waals surface area contributed by atoms with E-state index in [1.807, 2.05) is 0 Å². The molecular weight excluding hydrogens is 278 g/mol. The van der Waals surface area contributed by atoms with Gasteiger partial charge in [-0.25, -0.2) is 0 Å². The fourth-order valence-corrected chi connectivity index (χ4v) is 2.86. The average molecular weight is 301 g/mol. The number of aliphatic hydroxyl groups is 2. The SMILES string of the molecule is CC1CCC(CO)(NCC(O)COc2cnsn2)CC1. The highest BCUT2D eigenvalue weighted by Crippen LogP contribution is 2.31. The van der Waals surface area contributed by atoms with Crippen LogP contribution in [0.4, 0.5) is 0 Å². The number of nitrogens with one attached hydrogen (secondary N) is 1. The van der Waals surface area contributed by atoms with Gasteiger partial charge < -0.3 is 20.3 Å². The molecule has 0 amide bonds. The normalized spacial score (nSPS) is 28.2. The van der Waals surface area contributed by atoms with Crippen LogP contribution in [0.3, 0.4) is 0 Å². The van der Waals surface area contributed by atoms with Crippen molar-refractivity contribution in [3.05, 3.63) is 6.20 Å². The van der Waals surface area contributed by atoms with Gasteiger partial charge in [0.2, 0.25) is 5.88 Å². The van der Waals surface area contributed by atoms with Crippen LogP contribution in [0.2, 0.25) is 0 Å². The van der Waals surface area contributed by atoms with E-state index in [-0.39, 0.29) is 18.8 Å². The first-order chi connectivity index (χ1) is 9.63. The first kappa shape index (κ1) is 15.6. The van der Waals surface area contributed by atoms with Gasteiger partial charge in [0.15, 0.2) is 0 Å². The van der Waals surface area contributed by atoms with Crippen LogP contribution in [-0.4, -0.2) is 50.4 Å². The summed E-state index contributed by atoms with van der Waals surface area (Å²) >= 11 is 1.08. The highest BCUT2D eigenvalue weighted by atomic mass is 32.1. The van der Waals surface area contributed by atoms with Crippen LogP contribution in [0.15, 0.2) is 6.20 Å². The van der Waals surface area contributed by atoms with Crippen LogP contribution in [0.1, 0.15) is 32.6 Å². The molecule has 0 aromatic carbocycles. The molecule has 114 valence electrons. The summed E-state index contributed by atoms with van der Waals surface area (Å²) in [4.78, 5) is 0. The summed E-state index contributed by atoms with van der Waals surface area (Å²) < 4.78 is 13.1. The third kappa shape index (κ3) is 4.37. The van der Waals surface area contributed by atoms with E-state index >= 15 is 0 Å². The smallest absolute Gasteiger partial charge is 0.245 e. The minimum absolute atomic E-state index is 0.114. The quantitative estimate of drug-likeness (QED) is 0.691. The largest absolute Gasteiger partial charge is 0.473 e. The van der Waals surface area contributed by atoms with Gasteiger partial charge in [-0.3, -0.25) is 0 Å². The van der Waals surface area contributed by atoms with Gasteiger partial charge in [-0.15, -0.1) is 4.37 Å². The molecule has 0 aliphatic heterocycles. The van der Waals surface area contributed by atoms with Crippen molar-refractivity contribution in [2.45, 2.75) is 44.2 Å². The second-order valence-corrected chi connectivity index (χ2v) is 6.27. The summed E-state index contributed by atoms with van der Waals surface area (Å²) in [5.74, 6) is 1.17. The van der Waals surface area contributed by atoms with Crippen LogP contribution in [0.5, 0.6) is 5.88 Å². The fraction of sp³-hybridized carbons (Fsp3) is 0.846. The van der Waals surface area contributed by atoms with Crippen LogP contribution in [0, 0.1) is 5.92 Å². The lowest BCUT2D eigenvalue weighted by atomic mass is 9.77. The highest BCUT2D eigenvalue weighted by molar-refractivity contribution is 6.99. The molecule has 1 unspecified atom stereocenters. The van der Waals surface area contributed by atoms with E-state index in [0.29, 0.717) is 12.4 Å². The zero-order chi connectivity index (χ0) is 14.4. The monoisotopic (exact) mass is 301 g/mol. The minimum atomic E-state index is -0.625. The van der Waals surface area contributed by atoms with Crippen molar-refractivity contribution in [3.8, 4) is 5.88 Å². The molecule has 0 bridgehead atoms. The van der Waals surface area contributed by atoms with Gasteiger partial charge in [-0.2, -0.15) is 4.37 Å². The summed E-state index contributed by atoms with van der Waals surface area (Å²) in [5.41, 5.74) is -0.240. The van der Waals surface area contributed by atoms with Gasteiger partial charge >= 0.3 is 0 Å². The van der Waals surface area contributed by atoms with Crippen LogP contribution >= 0.6 is 11.7 Å². The molecule has 1 atom stereocenters. The van der Waals surface area contributed by atoms with E-state index < -0.39 is 6.10 Å². The lowest BCUT2D eigenvalue weighted by molar-refractivity contribution is 0.0642. The van der Waals surface area contributed by atoms with E-state index in [9.17, 15) is 10.2 Å². The summed E-state index contributed by atoms with van der Waals surface area (Å²) in [7, 11) is 0. The molecule has 20 heavy (non-hydrogen) atoms. The van der Waals surface area contributed by atoms with Gasteiger partial charge in [-0.1, -0.05) is 6.92 Å². The number of hydrogen-bond acceptors (Lipinski definition) is 7. The molecule has 1 saturated carbocycles. The number of nitrogens with zero attached hydrogens (tertiary/aromatic N) is 2. The summed E-state index contributed by atoms with van der Waals surface area (Å²) in [6.45, 7) is 2.94. The van der Waals surface area contributed by atoms with E-state index in [2.05, 4.69) is 21.0 Å². The van der Waals surface area contributed by atoms with Gasteiger partial charge in [0.05, 0.1) is 18.3 Å². The molecule has 1 aromatic heterocycles. The Hall–Kier alpha value is -0.760. The van der Waals surface area contributed by atoms with Crippen molar-refractivity contribution in [1.29, 1.82) is 0 Å². The molecule has 0 spiro atoms. The van der Waals surface area contributed by atoms with E-state index in [4.69, 9.17) is 4.74 Å². The standard InChI is InChI=1S/C13H23N3O3S/c1-10-2-4-13(9-17,5-3-10)14-6-11(18)8-19-12-7-15-20-16-12/h7,10-11,14,17-18H,2-6,8-9H2,1H3. The second-order valence-electron chi connectivity index (χ2n) is 5.71. The number of rotatable bonds is 7. The van der Waals surface area contributed by atoms with Crippen LogP contribution < -0.4 is 10.1 Å². The molecule has 2 rings (SSSR count). The fourth-order valence-electron chi connectivity index (χ4n) is 2.50. The topological polar surface area (TPSA) is 87.5 Å². The Morgan fingerprint density at radius 2 is 2.30 bits per heavy atom. The maximum Gasteiger partial charge on any atom is 0.245 e. The summed E-state index contributed by atoms with van der Waals surface area (Å²) in [6, 6.07) is 0.